The molecule has 11 aromatic carbocycles. The Labute approximate surface area is 403 Å². The Kier molecular flexibility index (Phi) is 8.37. The van der Waals surface area contributed by atoms with Gasteiger partial charge in [0.1, 0.15) is 0 Å². The highest BCUT2D eigenvalue weighted by Crippen LogP contribution is 2.48. The molecule has 0 spiro atoms. The van der Waals surface area contributed by atoms with Crippen molar-refractivity contribution in [2.45, 2.75) is 0 Å². The van der Waals surface area contributed by atoms with Gasteiger partial charge in [-0.1, -0.05) is 176 Å². The van der Waals surface area contributed by atoms with Gasteiger partial charge in [-0.05, 0) is 85.9 Å². The number of aromatic nitrogens is 4. The van der Waals surface area contributed by atoms with Crippen LogP contribution in [0.25, 0.3) is 145 Å². The second-order valence-electron chi connectivity index (χ2n) is 17.9. The second-order valence-corrected chi connectivity index (χ2v) is 20.0. The molecule has 0 saturated heterocycles. The summed E-state index contributed by atoms with van der Waals surface area (Å²) in [6.07, 6.45) is 0. The molecule has 0 fully saturated rings. The van der Waals surface area contributed by atoms with Gasteiger partial charge >= 0.3 is 0 Å². The number of hydrogen-bond acceptors (Lipinski definition) is 5. The maximum Gasteiger partial charge on any atom is 0.166 e. The first-order valence-electron chi connectivity index (χ1n) is 23.2. The lowest BCUT2D eigenvalue weighted by molar-refractivity contribution is 1.07. The van der Waals surface area contributed by atoms with Crippen molar-refractivity contribution >= 4 is 117 Å². The van der Waals surface area contributed by atoms with Gasteiger partial charge in [-0.3, -0.25) is 0 Å². The van der Waals surface area contributed by atoms with Gasteiger partial charge in [0.2, 0.25) is 0 Å². The first-order valence-corrected chi connectivity index (χ1v) is 24.9. The molecule has 6 heteroatoms. The van der Waals surface area contributed by atoms with Crippen LogP contribution in [0.1, 0.15) is 0 Å². The van der Waals surface area contributed by atoms with E-state index in [1.165, 1.54) is 83.4 Å². The zero-order valence-corrected chi connectivity index (χ0v) is 38.5. The lowest BCUT2D eigenvalue weighted by Gasteiger charge is -2.16. The maximum absolute atomic E-state index is 5.56. The van der Waals surface area contributed by atoms with Crippen LogP contribution in [-0.2, 0) is 0 Å². The van der Waals surface area contributed by atoms with Gasteiger partial charge in [-0.2, -0.15) is 0 Å². The normalized spacial score (nSPS) is 12.1. The van der Waals surface area contributed by atoms with E-state index in [1.807, 2.05) is 11.3 Å². The maximum atomic E-state index is 5.56. The number of rotatable bonds is 5. The minimum atomic E-state index is 0.618. The molecule has 15 rings (SSSR count). The van der Waals surface area contributed by atoms with Crippen molar-refractivity contribution in [3.8, 4) is 51.0 Å². The molecule has 0 N–H and O–H groups in total. The summed E-state index contributed by atoms with van der Waals surface area (Å²) in [5.74, 6) is 1.87. The number of nitrogens with zero attached hydrogens (tertiary/aromatic N) is 4. The Morgan fingerprint density at radius 1 is 0.304 bits per heavy atom. The minimum Gasteiger partial charge on any atom is -0.307 e. The van der Waals surface area contributed by atoms with Crippen molar-refractivity contribution in [2.75, 3.05) is 0 Å². The topological polar surface area (TPSA) is 43.6 Å². The van der Waals surface area contributed by atoms with Gasteiger partial charge in [-0.15, -0.1) is 22.7 Å². The molecule has 0 saturated carbocycles. The van der Waals surface area contributed by atoms with Crippen LogP contribution in [0.5, 0.6) is 0 Å². The molecule has 0 amide bonds. The molecule has 4 aromatic heterocycles. The third kappa shape index (κ3) is 5.96. The molecule has 15 aromatic rings. The van der Waals surface area contributed by atoms with Gasteiger partial charge in [0.05, 0.1) is 21.4 Å². The zero-order chi connectivity index (χ0) is 45.2. The summed E-state index contributed by atoms with van der Waals surface area (Å²) in [4.78, 5) is 16.5. The van der Waals surface area contributed by atoms with Crippen molar-refractivity contribution in [3.05, 3.63) is 218 Å². The van der Waals surface area contributed by atoms with Crippen LogP contribution in [-0.4, -0.2) is 19.5 Å². The molecule has 0 radical (unpaired) electrons. The summed E-state index contributed by atoms with van der Waals surface area (Å²) in [7, 11) is 0. The molecule has 0 atom stereocenters. The van der Waals surface area contributed by atoms with Gasteiger partial charge in [0.25, 0.3) is 0 Å². The van der Waals surface area contributed by atoms with Crippen LogP contribution in [0.3, 0.4) is 0 Å². The van der Waals surface area contributed by atoms with Crippen molar-refractivity contribution in [1.82, 2.24) is 19.5 Å². The highest BCUT2D eigenvalue weighted by atomic mass is 32.1. The molecular formula is C63H36N4S2. The zero-order valence-electron chi connectivity index (χ0n) is 36.9. The Hall–Kier alpha value is -8.55. The van der Waals surface area contributed by atoms with E-state index in [-0.39, 0.29) is 0 Å². The number of thiophene rings is 2. The van der Waals surface area contributed by atoms with E-state index in [0.29, 0.717) is 17.5 Å². The quantitative estimate of drug-likeness (QED) is 0.173. The highest BCUT2D eigenvalue weighted by molar-refractivity contribution is 7.27. The monoisotopic (exact) mass is 912 g/mol. The van der Waals surface area contributed by atoms with Gasteiger partial charge in [0, 0.05) is 63.1 Å². The van der Waals surface area contributed by atoms with Gasteiger partial charge < -0.3 is 4.57 Å². The molecule has 0 aliphatic rings. The average Bonchev–Trinajstić information content (AvgIpc) is 4.09. The molecule has 0 aliphatic heterocycles. The summed E-state index contributed by atoms with van der Waals surface area (Å²) in [6.45, 7) is 0. The number of hydrogen-bond donors (Lipinski definition) is 0. The number of benzene rings is 11. The Morgan fingerprint density at radius 2 is 0.899 bits per heavy atom. The Bertz CT molecular complexity index is 4620. The van der Waals surface area contributed by atoms with Crippen LogP contribution in [0.4, 0.5) is 0 Å². The minimum absolute atomic E-state index is 0.618. The third-order valence-electron chi connectivity index (χ3n) is 14.0. The molecule has 69 heavy (non-hydrogen) atoms. The van der Waals surface area contributed by atoms with E-state index in [1.54, 1.807) is 11.3 Å². The molecule has 0 bridgehead atoms. The van der Waals surface area contributed by atoms with Crippen molar-refractivity contribution < 1.29 is 0 Å². The van der Waals surface area contributed by atoms with Crippen LogP contribution < -0.4 is 0 Å². The van der Waals surface area contributed by atoms with Crippen LogP contribution in [0, 0.1) is 0 Å². The van der Waals surface area contributed by atoms with Gasteiger partial charge in [-0.25, -0.2) is 15.0 Å². The van der Waals surface area contributed by atoms with E-state index in [4.69, 9.17) is 15.0 Å². The van der Waals surface area contributed by atoms with Crippen LogP contribution in [0.15, 0.2) is 218 Å². The van der Waals surface area contributed by atoms with Crippen LogP contribution >= 0.6 is 22.7 Å². The fraction of sp³-hybridized carbons (Fsp3) is 0. The van der Waals surface area contributed by atoms with E-state index in [0.717, 1.165) is 44.5 Å². The van der Waals surface area contributed by atoms with E-state index in [2.05, 4.69) is 223 Å². The van der Waals surface area contributed by atoms with Crippen molar-refractivity contribution in [1.29, 1.82) is 0 Å². The largest absolute Gasteiger partial charge is 0.307 e. The smallest absolute Gasteiger partial charge is 0.166 e. The predicted molar refractivity (Wildman–Crippen MR) is 294 cm³/mol. The number of fused-ring (bicyclic) bond motifs is 14. The highest BCUT2D eigenvalue weighted by Gasteiger charge is 2.25. The van der Waals surface area contributed by atoms with Crippen LogP contribution in [0.2, 0.25) is 0 Å². The summed E-state index contributed by atoms with van der Waals surface area (Å²) in [6, 6.07) is 79.1. The summed E-state index contributed by atoms with van der Waals surface area (Å²) < 4.78 is 7.43. The molecule has 0 aliphatic carbocycles. The molecular weight excluding hydrogens is 877 g/mol. The first kappa shape index (κ1) is 38.5. The summed E-state index contributed by atoms with van der Waals surface area (Å²) >= 11 is 3.67. The molecule has 320 valence electrons. The fourth-order valence-electron chi connectivity index (χ4n) is 10.8. The van der Waals surface area contributed by atoms with Gasteiger partial charge in [0.15, 0.2) is 17.5 Å². The molecule has 4 heterocycles. The Balaban J connectivity index is 1.08. The SMILES string of the molecule is c1ccc(-c2cccc(-c3nc(-c4ccc5c(c4)sc4ccccc45)nc(-c4ccc5c(sc6c7ccccc7ccc56)c4-n4c5cc6ccccc6cc5c5c6ccccc6ccc54)n3)c2)cc1. The summed E-state index contributed by atoms with van der Waals surface area (Å²) in [5.41, 5.74) is 8.38. The second kappa shape index (κ2) is 15.0. The van der Waals surface area contributed by atoms with E-state index in [9.17, 15) is 0 Å². The fourth-order valence-corrected chi connectivity index (χ4v) is 13.3. The summed E-state index contributed by atoms with van der Waals surface area (Å²) in [5, 5.41) is 14.7. The van der Waals surface area contributed by atoms with Crippen molar-refractivity contribution in [2.24, 2.45) is 0 Å². The lowest BCUT2D eigenvalue weighted by Crippen LogP contribution is -2.04. The lowest BCUT2D eigenvalue weighted by atomic mass is 10.0. The standard InChI is InChI=1S/C63H36N4S2/c1-2-13-37(14-3-1)40-19-12-20-43(33-40)61-64-62(44-26-28-48-47-23-10-11-24-55(47)68-56(48)36-44)66-63(65-61)51-31-30-50-49-29-25-39-16-7-9-22-46(39)59(49)69-60(50)58(51)67-53-32-27-38-15-6-8-21-45(38)57(53)52-34-41-17-4-5-18-42(41)35-54(52)67/h1-36H. The van der Waals surface area contributed by atoms with E-state index >= 15 is 0 Å². The molecule has 4 nitrogen and oxygen atoms in total. The molecule has 0 unspecified atom stereocenters. The Morgan fingerprint density at radius 3 is 1.74 bits per heavy atom. The van der Waals surface area contributed by atoms with Crippen molar-refractivity contribution in [3.63, 3.8) is 0 Å². The third-order valence-corrected chi connectivity index (χ3v) is 16.4. The average molecular weight is 913 g/mol. The first-order chi connectivity index (χ1) is 34.2. The predicted octanol–water partition coefficient (Wildman–Crippen LogP) is 17.8. The van der Waals surface area contributed by atoms with E-state index < -0.39 is 0 Å².